The molecule has 0 atom stereocenters. The van der Waals surface area contributed by atoms with Crippen molar-refractivity contribution in [3.63, 3.8) is 0 Å². The number of rotatable bonds is 2. The Kier molecular flexibility index (Phi) is 3.65. The van der Waals surface area contributed by atoms with Gasteiger partial charge in [-0.05, 0) is 49.9 Å². The fourth-order valence-electron chi connectivity index (χ4n) is 3.32. The molecule has 0 aromatic heterocycles. The van der Waals surface area contributed by atoms with Crippen LogP contribution in [0, 0.1) is 0 Å². The van der Waals surface area contributed by atoms with Gasteiger partial charge in [-0.15, -0.1) is 0 Å². The fourth-order valence-corrected chi connectivity index (χ4v) is 3.32. The van der Waals surface area contributed by atoms with Crippen LogP contribution in [0.25, 0.3) is 0 Å². The second-order valence-corrected chi connectivity index (χ2v) is 5.50. The minimum absolute atomic E-state index is 1.03. The molecule has 1 aliphatic rings. The number of nitrogens with zero attached hydrogens (tertiary/aromatic N) is 1. The zero-order valence-electron chi connectivity index (χ0n) is 11.5. The highest BCUT2D eigenvalue weighted by molar-refractivity contribution is 5.58. The van der Waals surface area contributed by atoms with Gasteiger partial charge in [0.05, 0.1) is 13.1 Å². The van der Waals surface area contributed by atoms with E-state index in [1.165, 1.54) is 50.1 Å². The zero-order valence-corrected chi connectivity index (χ0v) is 11.5. The first kappa shape index (κ1) is 12.4. The molecule has 0 aliphatic carbocycles. The van der Waals surface area contributed by atoms with Crippen LogP contribution in [0.5, 0.6) is 0 Å². The van der Waals surface area contributed by atoms with E-state index in [2.05, 4.69) is 60.7 Å². The Labute approximate surface area is 116 Å². The highest BCUT2D eigenvalue weighted by Crippen LogP contribution is 2.37. The van der Waals surface area contributed by atoms with Gasteiger partial charge in [0.1, 0.15) is 11.4 Å². The lowest BCUT2D eigenvalue weighted by Gasteiger charge is -2.37. The number of hydrogen-bond acceptors (Lipinski definition) is 0. The van der Waals surface area contributed by atoms with Crippen molar-refractivity contribution in [3.8, 4) is 0 Å². The van der Waals surface area contributed by atoms with Crippen LogP contribution in [-0.2, 0) is 0 Å². The third-order valence-corrected chi connectivity index (χ3v) is 4.33. The molecule has 19 heavy (non-hydrogen) atoms. The third kappa shape index (κ3) is 2.43. The van der Waals surface area contributed by atoms with Crippen molar-refractivity contribution in [1.29, 1.82) is 0 Å². The molecule has 0 amide bonds. The Hall–Kier alpha value is -1.60. The summed E-state index contributed by atoms with van der Waals surface area (Å²) in [6, 6.07) is 22.1. The first-order valence-electron chi connectivity index (χ1n) is 7.40. The predicted molar refractivity (Wildman–Crippen MR) is 82.5 cm³/mol. The lowest BCUT2D eigenvalue weighted by molar-refractivity contribution is 0.395. The molecular weight excluding hydrogens is 230 g/mol. The van der Waals surface area contributed by atoms with E-state index in [1.807, 2.05) is 0 Å². The summed E-state index contributed by atoms with van der Waals surface area (Å²) in [5.41, 5.74) is 2.88. The maximum absolute atomic E-state index is 2.29. The molecule has 0 bridgehead atoms. The van der Waals surface area contributed by atoms with Crippen LogP contribution in [0.3, 0.4) is 0 Å². The molecule has 0 saturated carbocycles. The SMILES string of the molecule is c1ccc([N+]2(c3ccccc3)CCCCCC2)cc1. The summed E-state index contributed by atoms with van der Waals surface area (Å²) in [6.45, 7) is 2.46. The molecule has 0 unspecified atom stereocenters. The molecule has 1 heteroatoms. The number of hydrogen-bond donors (Lipinski definition) is 0. The highest BCUT2D eigenvalue weighted by Gasteiger charge is 2.33. The average Bonchev–Trinajstić information content (AvgIpc) is 2.76. The van der Waals surface area contributed by atoms with Gasteiger partial charge in [0.15, 0.2) is 0 Å². The van der Waals surface area contributed by atoms with Gasteiger partial charge < -0.3 is 0 Å². The Balaban J connectivity index is 2.09. The van der Waals surface area contributed by atoms with Crippen LogP contribution in [0.1, 0.15) is 25.7 Å². The molecule has 3 rings (SSSR count). The summed E-state index contributed by atoms with van der Waals surface area (Å²) in [7, 11) is 0. The number of para-hydroxylation sites is 2. The second-order valence-electron chi connectivity index (χ2n) is 5.50. The lowest BCUT2D eigenvalue weighted by Crippen LogP contribution is -2.44. The van der Waals surface area contributed by atoms with E-state index in [-0.39, 0.29) is 0 Å². The summed E-state index contributed by atoms with van der Waals surface area (Å²) < 4.78 is 1.03. The zero-order chi connectivity index (χ0) is 13.0. The molecule has 98 valence electrons. The molecule has 1 fully saturated rings. The van der Waals surface area contributed by atoms with E-state index in [0.717, 1.165) is 4.48 Å². The molecule has 0 N–H and O–H groups in total. The van der Waals surface area contributed by atoms with Gasteiger partial charge in [-0.25, -0.2) is 0 Å². The monoisotopic (exact) mass is 252 g/mol. The van der Waals surface area contributed by atoms with Gasteiger partial charge >= 0.3 is 0 Å². The van der Waals surface area contributed by atoms with E-state index < -0.39 is 0 Å². The van der Waals surface area contributed by atoms with Crippen molar-refractivity contribution in [1.82, 2.24) is 4.48 Å². The molecule has 0 spiro atoms. The summed E-state index contributed by atoms with van der Waals surface area (Å²) in [6.07, 6.45) is 5.40. The maximum Gasteiger partial charge on any atom is 0.137 e. The first-order valence-corrected chi connectivity index (χ1v) is 7.40. The molecule has 2 aromatic carbocycles. The van der Waals surface area contributed by atoms with Gasteiger partial charge in [-0.2, -0.15) is 0 Å². The summed E-state index contributed by atoms with van der Waals surface area (Å²) in [4.78, 5) is 0. The molecule has 1 saturated heterocycles. The van der Waals surface area contributed by atoms with Crippen molar-refractivity contribution in [2.24, 2.45) is 0 Å². The van der Waals surface area contributed by atoms with Gasteiger partial charge in [0.2, 0.25) is 0 Å². The lowest BCUT2D eigenvalue weighted by atomic mass is 10.1. The van der Waals surface area contributed by atoms with Crippen LogP contribution < -0.4 is 4.48 Å². The van der Waals surface area contributed by atoms with Crippen LogP contribution in [0.4, 0.5) is 11.4 Å². The second kappa shape index (κ2) is 5.58. The summed E-state index contributed by atoms with van der Waals surface area (Å²) in [5.74, 6) is 0. The summed E-state index contributed by atoms with van der Waals surface area (Å²) >= 11 is 0. The van der Waals surface area contributed by atoms with Crippen molar-refractivity contribution in [3.05, 3.63) is 60.7 Å². The standard InChI is InChI=1S/C18H22N/c1-2-10-16-19(15-9-1,17-11-5-3-6-12-17)18-13-7-4-8-14-18/h3-8,11-14H,1-2,9-10,15-16H2/q+1. The normalized spacial score (nSPS) is 18.7. The quantitative estimate of drug-likeness (QED) is 0.667. The molecular formula is C18H22N+. The number of quaternary nitrogens is 1. The van der Waals surface area contributed by atoms with E-state index in [4.69, 9.17) is 0 Å². The van der Waals surface area contributed by atoms with E-state index in [9.17, 15) is 0 Å². The molecule has 1 aliphatic heterocycles. The average molecular weight is 252 g/mol. The van der Waals surface area contributed by atoms with Crippen molar-refractivity contribution in [2.45, 2.75) is 25.7 Å². The van der Waals surface area contributed by atoms with Gasteiger partial charge in [-0.1, -0.05) is 36.4 Å². The Morgan fingerprint density at radius 2 is 0.947 bits per heavy atom. The van der Waals surface area contributed by atoms with Crippen molar-refractivity contribution >= 4 is 11.4 Å². The van der Waals surface area contributed by atoms with Crippen LogP contribution in [0.2, 0.25) is 0 Å². The van der Waals surface area contributed by atoms with Crippen LogP contribution in [-0.4, -0.2) is 13.1 Å². The minimum atomic E-state index is 1.03. The fraction of sp³-hybridized carbons (Fsp3) is 0.333. The molecule has 1 heterocycles. The third-order valence-electron chi connectivity index (χ3n) is 4.33. The van der Waals surface area contributed by atoms with Gasteiger partial charge in [-0.3, -0.25) is 4.48 Å². The molecule has 1 nitrogen and oxygen atoms in total. The molecule has 2 aromatic rings. The highest BCUT2D eigenvalue weighted by atomic mass is 15.4. The van der Waals surface area contributed by atoms with Crippen molar-refractivity contribution in [2.75, 3.05) is 13.1 Å². The number of benzene rings is 2. The van der Waals surface area contributed by atoms with E-state index in [1.54, 1.807) is 0 Å². The van der Waals surface area contributed by atoms with Gasteiger partial charge in [0, 0.05) is 0 Å². The smallest absolute Gasteiger partial charge is 0.137 e. The van der Waals surface area contributed by atoms with Crippen LogP contribution >= 0.6 is 0 Å². The Morgan fingerprint density at radius 1 is 0.526 bits per heavy atom. The topological polar surface area (TPSA) is 0 Å². The van der Waals surface area contributed by atoms with Crippen molar-refractivity contribution < 1.29 is 0 Å². The largest absolute Gasteiger partial charge is 0.259 e. The Morgan fingerprint density at radius 3 is 1.37 bits per heavy atom. The Bertz CT molecular complexity index is 454. The molecule has 0 radical (unpaired) electrons. The van der Waals surface area contributed by atoms with E-state index >= 15 is 0 Å². The van der Waals surface area contributed by atoms with Crippen LogP contribution in [0.15, 0.2) is 60.7 Å². The predicted octanol–water partition coefficient (Wildman–Crippen LogP) is 4.90. The first-order chi connectivity index (χ1) is 9.42. The van der Waals surface area contributed by atoms with E-state index in [0.29, 0.717) is 0 Å². The maximum atomic E-state index is 2.29. The summed E-state index contributed by atoms with van der Waals surface area (Å²) in [5, 5.41) is 0. The minimum Gasteiger partial charge on any atom is -0.259 e. The van der Waals surface area contributed by atoms with Gasteiger partial charge in [0.25, 0.3) is 0 Å².